The number of halogens is 1. The van der Waals surface area contributed by atoms with Gasteiger partial charge in [0.05, 0.1) is 11.1 Å². The van der Waals surface area contributed by atoms with E-state index in [9.17, 15) is 14.4 Å². The van der Waals surface area contributed by atoms with E-state index in [0.29, 0.717) is 15.8 Å². The van der Waals surface area contributed by atoms with E-state index in [1.165, 1.54) is 22.0 Å². The number of benzene rings is 1. The van der Waals surface area contributed by atoms with E-state index in [4.69, 9.17) is 4.74 Å². The molecule has 0 saturated heterocycles. The van der Waals surface area contributed by atoms with Gasteiger partial charge in [-0.25, -0.2) is 0 Å². The Morgan fingerprint density at radius 3 is 2.63 bits per heavy atom. The van der Waals surface area contributed by atoms with Gasteiger partial charge in [-0.15, -0.1) is 11.3 Å². The summed E-state index contributed by atoms with van der Waals surface area (Å²) in [7, 11) is 1.56. The Labute approximate surface area is 188 Å². The van der Waals surface area contributed by atoms with Gasteiger partial charge < -0.3 is 10.1 Å². The Bertz CT molecular complexity index is 1100. The molecule has 1 heterocycles. The van der Waals surface area contributed by atoms with Gasteiger partial charge in [-0.2, -0.15) is 0 Å². The van der Waals surface area contributed by atoms with Crippen LogP contribution in [0.2, 0.25) is 0 Å². The molecule has 1 aromatic heterocycles. The lowest BCUT2D eigenvalue weighted by Gasteiger charge is -2.14. The third-order valence-electron chi connectivity index (χ3n) is 4.20. The van der Waals surface area contributed by atoms with Crippen molar-refractivity contribution >= 4 is 51.1 Å². The van der Waals surface area contributed by atoms with E-state index in [0.717, 1.165) is 10.0 Å². The van der Waals surface area contributed by atoms with Crippen LogP contribution in [0.25, 0.3) is 12.2 Å². The standard InChI is InChI=1S/C22H27BrN2O4S/c1-14(13-29-5)24-19(27)12-25-20(11-18(26)22(2,3)4)30-17(21(25)28)10-15-7-6-8-16(23)9-15/h6-11,14H,12-13H2,1-5H3,(H,24,27). The maximum absolute atomic E-state index is 13.1. The van der Waals surface area contributed by atoms with Crippen molar-refractivity contribution in [3.63, 3.8) is 0 Å². The van der Waals surface area contributed by atoms with E-state index < -0.39 is 5.41 Å². The van der Waals surface area contributed by atoms with Crippen molar-refractivity contribution in [2.45, 2.75) is 40.3 Å². The number of nitrogens with zero attached hydrogens (tertiary/aromatic N) is 1. The fourth-order valence-corrected chi connectivity index (χ4v) is 4.08. The Kier molecular flexibility index (Phi) is 8.34. The van der Waals surface area contributed by atoms with Gasteiger partial charge in [0.25, 0.3) is 5.56 Å². The molecule has 0 radical (unpaired) electrons. The zero-order valence-corrected chi connectivity index (χ0v) is 20.2. The summed E-state index contributed by atoms with van der Waals surface area (Å²) >= 11 is 4.62. The van der Waals surface area contributed by atoms with Crippen molar-refractivity contribution in [3.8, 4) is 0 Å². The molecular weight excluding hydrogens is 468 g/mol. The number of hydrogen-bond donors (Lipinski definition) is 1. The second-order valence-corrected chi connectivity index (χ2v) is 10.1. The molecule has 6 nitrogen and oxygen atoms in total. The molecular formula is C22H27BrN2O4S. The molecule has 1 N–H and O–H groups in total. The summed E-state index contributed by atoms with van der Waals surface area (Å²) in [6.45, 7) is 7.47. The quantitative estimate of drug-likeness (QED) is 0.638. The summed E-state index contributed by atoms with van der Waals surface area (Å²) in [4.78, 5) is 38.1. The SMILES string of the molecule is COCC(C)NC(=O)Cn1c(=CC(=O)C(C)(C)C)sc(=Cc2cccc(Br)c2)c1=O. The number of amides is 1. The molecule has 1 aromatic carbocycles. The summed E-state index contributed by atoms with van der Waals surface area (Å²) in [5.74, 6) is -0.425. The number of nitrogens with one attached hydrogen (secondary N) is 1. The highest BCUT2D eigenvalue weighted by molar-refractivity contribution is 9.10. The summed E-state index contributed by atoms with van der Waals surface area (Å²) in [5, 5.41) is 2.80. The smallest absolute Gasteiger partial charge is 0.269 e. The number of methoxy groups -OCH3 is 1. The van der Waals surface area contributed by atoms with Gasteiger partial charge in [0.15, 0.2) is 5.78 Å². The molecule has 1 amide bonds. The molecule has 0 saturated carbocycles. The van der Waals surface area contributed by atoms with Crippen LogP contribution in [-0.4, -0.2) is 36.0 Å². The fraction of sp³-hybridized carbons (Fsp3) is 0.409. The molecule has 0 aliphatic carbocycles. The third-order valence-corrected chi connectivity index (χ3v) is 5.76. The number of ketones is 1. The topological polar surface area (TPSA) is 77.4 Å². The second kappa shape index (κ2) is 10.3. The molecule has 0 fully saturated rings. The van der Waals surface area contributed by atoms with Crippen LogP contribution >= 0.6 is 27.3 Å². The van der Waals surface area contributed by atoms with E-state index >= 15 is 0 Å². The maximum atomic E-state index is 13.1. The minimum atomic E-state index is -0.589. The molecule has 0 aliphatic rings. The van der Waals surface area contributed by atoms with Gasteiger partial charge in [-0.05, 0) is 30.7 Å². The predicted octanol–water partition coefficient (Wildman–Crippen LogP) is 2.05. The Balaban J connectivity index is 2.54. The van der Waals surface area contributed by atoms with Crippen LogP contribution in [0.1, 0.15) is 33.3 Å². The van der Waals surface area contributed by atoms with Crippen LogP contribution in [0.4, 0.5) is 0 Å². The van der Waals surface area contributed by atoms with Gasteiger partial charge in [-0.1, -0.05) is 48.8 Å². The monoisotopic (exact) mass is 494 g/mol. The average molecular weight is 495 g/mol. The van der Waals surface area contributed by atoms with Crippen LogP contribution in [-0.2, 0) is 20.9 Å². The van der Waals surface area contributed by atoms with E-state index in [2.05, 4.69) is 21.2 Å². The number of rotatable bonds is 7. The van der Waals surface area contributed by atoms with Gasteiger partial charge in [0.1, 0.15) is 11.2 Å². The Morgan fingerprint density at radius 2 is 2.03 bits per heavy atom. The summed E-state index contributed by atoms with van der Waals surface area (Å²) < 4.78 is 8.19. The number of thiazole rings is 1. The van der Waals surface area contributed by atoms with Crippen molar-refractivity contribution in [2.75, 3.05) is 13.7 Å². The fourth-order valence-electron chi connectivity index (χ4n) is 2.62. The van der Waals surface area contributed by atoms with Gasteiger partial charge >= 0.3 is 0 Å². The zero-order chi connectivity index (χ0) is 22.5. The molecule has 2 aromatic rings. The molecule has 0 spiro atoms. The van der Waals surface area contributed by atoms with E-state index in [1.54, 1.807) is 13.2 Å². The minimum Gasteiger partial charge on any atom is -0.383 e. The number of carbonyl (C=O) groups is 2. The lowest BCUT2D eigenvalue weighted by atomic mass is 9.91. The van der Waals surface area contributed by atoms with Crippen molar-refractivity contribution in [1.82, 2.24) is 9.88 Å². The maximum Gasteiger partial charge on any atom is 0.269 e. The van der Waals surface area contributed by atoms with Crippen LogP contribution in [0.15, 0.2) is 33.5 Å². The summed E-state index contributed by atoms with van der Waals surface area (Å²) in [5.41, 5.74) is -0.0434. The molecule has 1 atom stereocenters. The first-order valence-corrected chi connectivity index (χ1v) is 11.1. The van der Waals surface area contributed by atoms with Crippen LogP contribution in [0.3, 0.4) is 0 Å². The first kappa shape index (κ1) is 24.2. The first-order chi connectivity index (χ1) is 14.0. The number of carbonyl (C=O) groups excluding carboxylic acids is 2. The van der Waals surface area contributed by atoms with Gasteiger partial charge in [0.2, 0.25) is 5.91 Å². The van der Waals surface area contributed by atoms with Crippen molar-refractivity contribution in [2.24, 2.45) is 5.41 Å². The minimum absolute atomic E-state index is 0.111. The van der Waals surface area contributed by atoms with Gasteiger partial charge in [-0.3, -0.25) is 19.0 Å². The largest absolute Gasteiger partial charge is 0.383 e. The number of hydrogen-bond acceptors (Lipinski definition) is 5. The second-order valence-electron chi connectivity index (χ2n) is 8.08. The van der Waals surface area contributed by atoms with Crippen LogP contribution < -0.4 is 20.1 Å². The van der Waals surface area contributed by atoms with E-state index in [1.807, 2.05) is 52.0 Å². The molecule has 30 heavy (non-hydrogen) atoms. The van der Waals surface area contributed by atoms with Crippen LogP contribution in [0, 0.1) is 5.41 Å². The lowest BCUT2D eigenvalue weighted by Crippen LogP contribution is -2.42. The number of Topliss-reactive ketones (excluding diaryl/α,β-unsaturated/α-hetero) is 1. The molecule has 1 unspecified atom stereocenters. The zero-order valence-electron chi connectivity index (χ0n) is 17.8. The summed E-state index contributed by atoms with van der Waals surface area (Å²) in [6.07, 6.45) is 3.22. The highest BCUT2D eigenvalue weighted by atomic mass is 79.9. The van der Waals surface area contributed by atoms with Crippen molar-refractivity contribution < 1.29 is 14.3 Å². The molecule has 0 aliphatic heterocycles. The Hall–Kier alpha value is -2.03. The predicted molar refractivity (Wildman–Crippen MR) is 124 cm³/mol. The highest BCUT2D eigenvalue weighted by Gasteiger charge is 2.20. The van der Waals surface area contributed by atoms with Gasteiger partial charge in [0, 0.05) is 29.1 Å². The molecule has 162 valence electrons. The number of ether oxygens (including phenoxy) is 1. The van der Waals surface area contributed by atoms with Crippen LogP contribution in [0.5, 0.6) is 0 Å². The summed E-state index contributed by atoms with van der Waals surface area (Å²) in [6, 6.07) is 7.37. The van der Waals surface area contributed by atoms with E-state index in [-0.39, 0.29) is 29.8 Å². The highest BCUT2D eigenvalue weighted by Crippen LogP contribution is 2.15. The molecule has 2 rings (SSSR count). The third kappa shape index (κ3) is 6.75. The normalized spacial score (nSPS) is 14.1. The van der Waals surface area contributed by atoms with Crippen molar-refractivity contribution in [1.29, 1.82) is 0 Å². The molecule has 0 bridgehead atoms. The van der Waals surface area contributed by atoms with Crippen molar-refractivity contribution in [3.05, 3.63) is 53.9 Å². The number of aromatic nitrogens is 1. The Morgan fingerprint density at radius 1 is 1.33 bits per heavy atom. The molecule has 8 heteroatoms. The lowest BCUT2D eigenvalue weighted by molar-refractivity contribution is -0.123. The first-order valence-electron chi connectivity index (χ1n) is 9.52. The average Bonchev–Trinajstić information content (AvgIpc) is 2.89.